The van der Waals surface area contributed by atoms with Crippen LogP contribution in [0.2, 0.25) is 0 Å². The Kier molecular flexibility index (Phi) is 3.91. The van der Waals surface area contributed by atoms with Gasteiger partial charge in [-0.25, -0.2) is 0 Å². The van der Waals surface area contributed by atoms with E-state index in [0.29, 0.717) is 5.56 Å². The van der Waals surface area contributed by atoms with Crippen molar-refractivity contribution in [1.82, 2.24) is 0 Å². The maximum Gasteiger partial charge on any atom is 0.534 e. The molecule has 0 radical (unpaired) electrons. The molecular formula is C17H13F3O3S. The van der Waals surface area contributed by atoms with Gasteiger partial charge in [0.1, 0.15) is 5.75 Å². The number of halogens is 3. The van der Waals surface area contributed by atoms with E-state index in [2.05, 4.69) is 4.18 Å². The van der Waals surface area contributed by atoms with Gasteiger partial charge in [0.2, 0.25) is 0 Å². The van der Waals surface area contributed by atoms with E-state index in [-0.39, 0.29) is 11.7 Å². The van der Waals surface area contributed by atoms with Gasteiger partial charge in [-0.15, -0.1) is 0 Å². The molecule has 2 aromatic rings. The van der Waals surface area contributed by atoms with Gasteiger partial charge < -0.3 is 4.18 Å². The predicted octanol–water partition coefficient (Wildman–Crippen LogP) is 4.55. The molecule has 0 amide bonds. The van der Waals surface area contributed by atoms with Gasteiger partial charge in [0.15, 0.2) is 0 Å². The molecule has 0 bridgehead atoms. The molecule has 0 N–H and O–H groups in total. The van der Waals surface area contributed by atoms with Crippen LogP contribution in [0.15, 0.2) is 42.5 Å². The quantitative estimate of drug-likeness (QED) is 0.587. The van der Waals surface area contributed by atoms with Crippen LogP contribution in [-0.4, -0.2) is 13.9 Å². The smallest absolute Gasteiger partial charge is 0.376 e. The summed E-state index contributed by atoms with van der Waals surface area (Å²) < 4.78 is 64.0. The number of benzene rings is 2. The van der Waals surface area contributed by atoms with Crippen molar-refractivity contribution in [3.63, 3.8) is 0 Å². The minimum absolute atomic E-state index is 0.122. The fraction of sp³-hybridized carbons (Fsp3) is 0.176. The third kappa shape index (κ3) is 2.91. The Hall–Kier alpha value is -2.28. The third-order valence-electron chi connectivity index (χ3n) is 3.92. The number of hydrogen-bond acceptors (Lipinski definition) is 3. The maximum absolute atomic E-state index is 12.5. The normalized spacial score (nSPS) is 16.9. The highest BCUT2D eigenvalue weighted by molar-refractivity contribution is 7.88. The van der Waals surface area contributed by atoms with Crippen molar-refractivity contribution in [3.05, 3.63) is 64.7 Å². The highest BCUT2D eigenvalue weighted by atomic mass is 32.2. The number of fused-ring (bicyclic) bond motifs is 2. The molecule has 1 atom stereocenters. The van der Waals surface area contributed by atoms with E-state index >= 15 is 0 Å². The minimum atomic E-state index is -5.68. The Balaban J connectivity index is 2.04. The molecule has 0 aliphatic heterocycles. The average Bonchev–Trinajstić information content (AvgIpc) is 2.64. The first-order valence-electron chi connectivity index (χ1n) is 7.11. The molecule has 3 rings (SSSR count). The zero-order chi connectivity index (χ0) is 17.5. The summed E-state index contributed by atoms with van der Waals surface area (Å²) in [5.41, 5.74) is -1.95. The zero-order valence-electron chi connectivity index (χ0n) is 12.5. The summed E-state index contributed by atoms with van der Waals surface area (Å²) in [5.74, 6) is -0.478. The molecule has 3 nitrogen and oxygen atoms in total. The molecule has 0 saturated carbocycles. The zero-order valence-corrected chi connectivity index (χ0v) is 13.4. The van der Waals surface area contributed by atoms with E-state index in [1.807, 2.05) is 43.3 Å². The van der Waals surface area contributed by atoms with Crippen molar-refractivity contribution < 1.29 is 25.8 Å². The van der Waals surface area contributed by atoms with Gasteiger partial charge in [-0.2, -0.15) is 21.6 Å². The van der Waals surface area contributed by atoms with Crippen molar-refractivity contribution in [2.75, 3.05) is 0 Å². The highest BCUT2D eigenvalue weighted by Crippen LogP contribution is 2.37. The largest absolute Gasteiger partial charge is 0.534 e. The van der Waals surface area contributed by atoms with Crippen molar-refractivity contribution in [2.24, 2.45) is 0 Å². The lowest BCUT2D eigenvalue weighted by atomic mass is 9.89. The predicted molar refractivity (Wildman–Crippen MR) is 84.9 cm³/mol. The van der Waals surface area contributed by atoms with Gasteiger partial charge in [0.25, 0.3) is 0 Å². The fourth-order valence-corrected chi connectivity index (χ4v) is 3.16. The second-order valence-electron chi connectivity index (χ2n) is 5.46. The Morgan fingerprint density at radius 3 is 2.25 bits per heavy atom. The van der Waals surface area contributed by atoms with Crippen LogP contribution in [0.25, 0.3) is 12.2 Å². The second-order valence-corrected chi connectivity index (χ2v) is 7.00. The van der Waals surface area contributed by atoms with Gasteiger partial charge in [-0.1, -0.05) is 49.4 Å². The summed E-state index contributed by atoms with van der Waals surface area (Å²) in [6.07, 6.45) is 3.77. The van der Waals surface area contributed by atoms with E-state index in [1.165, 1.54) is 12.1 Å². The average molecular weight is 354 g/mol. The lowest BCUT2D eigenvalue weighted by molar-refractivity contribution is -0.0500. The van der Waals surface area contributed by atoms with E-state index in [4.69, 9.17) is 0 Å². The summed E-state index contributed by atoms with van der Waals surface area (Å²) in [6, 6.07) is 11.8. The SMILES string of the molecule is CC1c2ccccc2C=Cc2ccc(OS(=O)(=O)C(F)(F)F)cc21. The molecule has 2 aromatic carbocycles. The molecule has 126 valence electrons. The standard InChI is InChI=1S/C17H13F3O3S/c1-11-15-5-3-2-4-12(15)6-7-13-8-9-14(10-16(11)13)23-24(21,22)17(18,19)20/h2-11H,1H3. The fourth-order valence-electron chi connectivity index (χ4n) is 2.71. The molecule has 0 fully saturated rings. The summed E-state index contributed by atoms with van der Waals surface area (Å²) in [7, 11) is -5.68. The lowest BCUT2D eigenvalue weighted by Crippen LogP contribution is -2.28. The molecule has 7 heteroatoms. The molecule has 1 aliphatic carbocycles. The topological polar surface area (TPSA) is 43.4 Å². The lowest BCUT2D eigenvalue weighted by Gasteiger charge is -2.17. The Bertz CT molecular complexity index is 915. The molecule has 0 saturated heterocycles. The summed E-state index contributed by atoms with van der Waals surface area (Å²) >= 11 is 0. The van der Waals surface area contributed by atoms with Crippen molar-refractivity contribution in [1.29, 1.82) is 0 Å². The Labute approximate surface area is 137 Å². The molecule has 0 spiro atoms. The van der Waals surface area contributed by atoms with Gasteiger partial charge in [0, 0.05) is 5.92 Å². The molecule has 24 heavy (non-hydrogen) atoms. The van der Waals surface area contributed by atoms with Crippen molar-refractivity contribution in [3.8, 4) is 5.75 Å². The number of hydrogen-bond donors (Lipinski definition) is 0. The molecular weight excluding hydrogens is 341 g/mol. The second kappa shape index (κ2) is 5.66. The van der Waals surface area contributed by atoms with E-state index in [0.717, 1.165) is 16.7 Å². The van der Waals surface area contributed by atoms with Gasteiger partial charge in [-0.05, 0) is 34.4 Å². The maximum atomic E-state index is 12.5. The van der Waals surface area contributed by atoms with Crippen LogP contribution in [-0.2, 0) is 10.1 Å². The molecule has 0 aromatic heterocycles. The first-order chi connectivity index (χ1) is 11.2. The van der Waals surface area contributed by atoms with Crippen LogP contribution >= 0.6 is 0 Å². The van der Waals surface area contributed by atoms with E-state index in [1.54, 1.807) is 6.07 Å². The minimum Gasteiger partial charge on any atom is -0.376 e. The van der Waals surface area contributed by atoms with Crippen LogP contribution in [0.1, 0.15) is 35.1 Å². The Morgan fingerprint density at radius 1 is 0.958 bits per heavy atom. The van der Waals surface area contributed by atoms with Crippen LogP contribution in [0.5, 0.6) is 5.75 Å². The van der Waals surface area contributed by atoms with Crippen molar-refractivity contribution >= 4 is 22.3 Å². The molecule has 1 aliphatic rings. The first-order valence-corrected chi connectivity index (χ1v) is 8.51. The Morgan fingerprint density at radius 2 is 1.58 bits per heavy atom. The summed E-state index contributed by atoms with van der Waals surface area (Å²) in [6.45, 7) is 1.91. The monoisotopic (exact) mass is 354 g/mol. The van der Waals surface area contributed by atoms with Crippen LogP contribution < -0.4 is 4.18 Å². The number of alkyl halides is 3. The van der Waals surface area contributed by atoms with Crippen LogP contribution in [0.3, 0.4) is 0 Å². The third-order valence-corrected chi connectivity index (χ3v) is 4.90. The van der Waals surface area contributed by atoms with Crippen LogP contribution in [0, 0.1) is 0 Å². The van der Waals surface area contributed by atoms with Gasteiger partial charge in [-0.3, -0.25) is 0 Å². The van der Waals surface area contributed by atoms with Gasteiger partial charge >= 0.3 is 15.6 Å². The highest BCUT2D eigenvalue weighted by Gasteiger charge is 2.48. The summed E-state index contributed by atoms with van der Waals surface area (Å²) in [4.78, 5) is 0. The van der Waals surface area contributed by atoms with E-state index in [9.17, 15) is 21.6 Å². The van der Waals surface area contributed by atoms with E-state index < -0.39 is 15.6 Å². The first kappa shape index (κ1) is 16.6. The number of rotatable bonds is 2. The summed E-state index contributed by atoms with van der Waals surface area (Å²) in [5, 5.41) is 0. The molecule has 1 unspecified atom stereocenters. The van der Waals surface area contributed by atoms with Crippen LogP contribution in [0.4, 0.5) is 13.2 Å². The van der Waals surface area contributed by atoms with Crippen molar-refractivity contribution in [2.45, 2.75) is 18.3 Å². The van der Waals surface area contributed by atoms with Gasteiger partial charge in [0.05, 0.1) is 0 Å². The molecule has 0 heterocycles.